The second-order valence-electron chi connectivity index (χ2n) is 5.29. The Morgan fingerprint density at radius 3 is 2.57 bits per heavy atom. The Hall–Kier alpha value is -0.150. The minimum atomic E-state index is 0.309. The molecule has 0 aliphatic carbocycles. The van der Waals surface area contributed by atoms with Crippen LogP contribution in [0.2, 0.25) is 0 Å². The monoisotopic (exact) mass is 214 g/mol. The van der Waals surface area contributed by atoms with Gasteiger partial charge in [0.1, 0.15) is 0 Å². The van der Waals surface area contributed by atoms with E-state index in [1.165, 1.54) is 13.0 Å². The van der Waals surface area contributed by atoms with Crippen molar-refractivity contribution in [3.05, 3.63) is 0 Å². The van der Waals surface area contributed by atoms with Crippen LogP contribution in [0.5, 0.6) is 0 Å². The summed E-state index contributed by atoms with van der Waals surface area (Å²) >= 11 is 4.96. The molecule has 1 aliphatic heterocycles. The third-order valence-corrected chi connectivity index (χ3v) is 3.33. The summed E-state index contributed by atoms with van der Waals surface area (Å²) in [6.45, 7) is 10.3. The number of nitrogens with two attached hydrogens (primary N) is 1. The third-order valence-electron chi connectivity index (χ3n) is 3.16. The maximum Gasteiger partial charge on any atom is 0.0742 e. The first-order chi connectivity index (χ1) is 6.33. The molecule has 0 amide bonds. The highest BCUT2D eigenvalue weighted by Crippen LogP contribution is 2.34. The molecule has 1 saturated heterocycles. The zero-order chi connectivity index (χ0) is 10.9. The molecule has 1 rings (SSSR count). The highest BCUT2D eigenvalue weighted by Gasteiger charge is 2.38. The Morgan fingerprint density at radius 1 is 1.64 bits per heavy atom. The molecule has 0 bridgehead atoms. The molecule has 2 N–H and O–H groups in total. The third kappa shape index (κ3) is 2.67. The van der Waals surface area contributed by atoms with Crippen molar-refractivity contribution >= 4 is 17.2 Å². The minimum absolute atomic E-state index is 0.309. The van der Waals surface area contributed by atoms with Gasteiger partial charge in [-0.3, -0.25) is 4.90 Å². The quantitative estimate of drug-likeness (QED) is 0.730. The van der Waals surface area contributed by atoms with Crippen LogP contribution < -0.4 is 5.73 Å². The molecule has 0 aromatic rings. The van der Waals surface area contributed by atoms with Crippen LogP contribution in [0.25, 0.3) is 0 Å². The lowest BCUT2D eigenvalue weighted by molar-refractivity contribution is 0.128. The molecule has 0 saturated carbocycles. The second kappa shape index (κ2) is 4.15. The molecule has 2 nitrogen and oxygen atoms in total. The summed E-state index contributed by atoms with van der Waals surface area (Å²) in [4.78, 5) is 3.17. The van der Waals surface area contributed by atoms with Gasteiger partial charge in [-0.2, -0.15) is 0 Å². The summed E-state index contributed by atoms with van der Waals surface area (Å²) in [6, 6.07) is 0.479. The largest absolute Gasteiger partial charge is 0.393 e. The number of hydrogen-bond acceptors (Lipinski definition) is 2. The first-order valence-electron chi connectivity index (χ1n) is 5.38. The van der Waals surface area contributed by atoms with Crippen LogP contribution in [0.3, 0.4) is 0 Å². The van der Waals surface area contributed by atoms with Crippen molar-refractivity contribution in [3.8, 4) is 0 Å². The average molecular weight is 214 g/mol. The maximum absolute atomic E-state index is 5.59. The van der Waals surface area contributed by atoms with Gasteiger partial charge < -0.3 is 5.73 Å². The van der Waals surface area contributed by atoms with E-state index in [0.29, 0.717) is 16.6 Å². The van der Waals surface area contributed by atoms with Crippen molar-refractivity contribution in [2.75, 3.05) is 6.54 Å². The summed E-state index contributed by atoms with van der Waals surface area (Å²) in [5.74, 6) is 0.791. The average Bonchev–Trinajstić information content (AvgIpc) is 2.22. The van der Waals surface area contributed by atoms with Crippen molar-refractivity contribution in [2.45, 2.75) is 52.1 Å². The predicted molar refractivity (Wildman–Crippen MR) is 65.4 cm³/mol. The summed E-state index contributed by atoms with van der Waals surface area (Å²) in [6.07, 6.45) is 2.11. The van der Waals surface area contributed by atoms with Crippen molar-refractivity contribution in [1.82, 2.24) is 4.90 Å². The van der Waals surface area contributed by atoms with Crippen molar-refractivity contribution < 1.29 is 0 Å². The highest BCUT2D eigenvalue weighted by molar-refractivity contribution is 7.80. The van der Waals surface area contributed by atoms with Crippen molar-refractivity contribution in [1.29, 1.82) is 0 Å². The Balaban J connectivity index is 2.63. The van der Waals surface area contributed by atoms with Gasteiger partial charge >= 0.3 is 0 Å². The number of hydrogen-bond donors (Lipinski definition) is 1. The maximum atomic E-state index is 5.59. The lowest BCUT2D eigenvalue weighted by Crippen LogP contribution is -2.45. The minimum Gasteiger partial charge on any atom is -0.393 e. The molecule has 3 heteroatoms. The molecule has 1 heterocycles. The van der Waals surface area contributed by atoms with E-state index in [2.05, 4.69) is 32.6 Å². The topological polar surface area (TPSA) is 29.3 Å². The van der Waals surface area contributed by atoms with Crippen LogP contribution >= 0.6 is 12.2 Å². The molecule has 1 fully saturated rings. The van der Waals surface area contributed by atoms with Gasteiger partial charge in [0.25, 0.3) is 0 Å². The lowest BCUT2D eigenvalue weighted by Gasteiger charge is -2.36. The molecule has 0 aromatic heterocycles. The fraction of sp³-hybridized carbons (Fsp3) is 0.909. The Morgan fingerprint density at radius 2 is 2.21 bits per heavy atom. The number of nitrogens with zero attached hydrogens (tertiary/aromatic N) is 1. The fourth-order valence-electron chi connectivity index (χ4n) is 2.80. The van der Waals surface area contributed by atoms with Crippen molar-refractivity contribution in [3.63, 3.8) is 0 Å². The Labute approximate surface area is 92.8 Å². The molecule has 0 spiro atoms. The molecule has 14 heavy (non-hydrogen) atoms. The van der Waals surface area contributed by atoms with Crippen molar-refractivity contribution in [2.24, 2.45) is 11.7 Å². The number of likely N-dealkylation sites (tertiary alicyclic amines) is 1. The zero-order valence-corrected chi connectivity index (χ0v) is 10.5. The van der Waals surface area contributed by atoms with Crippen LogP contribution in [0, 0.1) is 5.92 Å². The van der Waals surface area contributed by atoms with Crippen LogP contribution in [-0.4, -0.2) is 28.0 Å². The predicted octanol–water partition coefficient (Wildman–Crippen LogP) is 2.17. The molecule has 2 atom stereocenters. The van der Waals surface area contributed by atoms with E-state index in [4.69, 9.17) is 18.0 Å². The van der Waals surface area contributed by atoms with E-state index in [0.717, 1.165) is 12.3 Å². The summed E-state index contributed by atoms with van der Waals surface area (Å²) in [5, 5.41) is 0. The van der Waals surface area contributed by atoms with E-state index in [1.54, 1.807) is 0 Å². The van der Waals surface area contributed by atoms with Gasteiger partial charge in [0.05, 0.1) is 4.99 Å². The fourth-order valence-corrected chi connectivity index (χ4v) is 3.04. The number of rotatable bonds is 3. The smallest absolute Gasteiger partial charge is 0.0742 e. The molecule has 0 aromatic carbocycles. The molecule has 1 aliphatic rings. The summed E-state index contributed by atoms with van der Waals surface area (Å²) < 4.78 is 0. The van der Waals surface area contributed by atoms with E-state index >= 15 is 0 Å². The van der Waals surface area contributed by atoms with Crippen LogP contribution in [0.15, 0.2) is 0 Å². The van der Waals surface area contributed by atoms with E-state index in [1.807, 2.05) is 0 Å². The Kier molecular flexibility index (Phi) is 3.53. The molecule has 0 radical (unpaired) electrons. The lowest BCUT2D eigenvalue weighted by atomic mass is 9.96. The van der Waals surface area contributed by atoms with Gasteiger partial charge in [-0.15, -0.1) is 0 Å². The highest BCUT2D eigenvalue weighted by atomic mass is 32.1. The molecular formula is C11H22N2S. The van der Waals surface area contributed by atoms with E-state index in [-0.39, 0.29) is 0 Å². The second-order valence-corrected chi connectivity index (χ2v) is 5.82. The SMILES string of the molecule is CC1CN(C(C)CC(N)=S)C(C)(C)C1. The molecular weight excluding hydrogens is 192 g/mol. The van der Waals surface area contributed by atoms with Gasteiger partial charge in [-0.25, -0.2) is 0 Å². The normalized spacial score (nSPS) is 29.0. The summed E-state index contributed by atoms with van der Waals surface area (Å²) in [7, 11) is 0. The summed E-state index contributed by atoms with van der Waals surface area (Å²) in [5.41, 5.74) is 5.90. The van der Waals surface area contributed by atoms with Gasteiger partial charge in [0.2, 0.25) is 0 Å². The van der Waals surface area contributed by atoms with Gasteiger partial charge in [0, 0.05) is 24.5 Å². The Bertz CT molecular complexity index is 225. The van der Waals surface area contributed by atoms with E-state index < -0.39 is 0 Å². The van der Waals surface area contributed by atoms with E-state index in [9.17, 15) is 0 Å². The van der Waals surface area contributed by atoms with Crippen LogP contribution in [-0.2, 0) is 0 Å². The number of thiocarbonyl (C=S) groups is 1. The first kappa shape index (κ1) is 11.9. The van der Waals surface area contributed by atoms with Crippen LogP contribution in [0.1, 0.15) is 40.5 Å². The van der Waals surface area contributed by atoms with Gasteiger partial charge in [-0.05, 0) is 33.1 Å². The zero-order valence-electron chi connectivity index (χ0n) is 9.71. The molecule has 82 valence electrons. The van der Waals surface area contributed by atoms with Gasteiger partial charge in [0.15, 0.2) is 0 Å². The van der Waals surface area contributed by atoms with Gasteiger partial charge in [-0.1, -0.05) is 19.1 Å². The first-order valence-corrected chi connectivity index (χ1v) is 5.79. The molecule has 2 unspecified atom stereocenters. The van der Waals surface area contributed by atoms with Crippen LogP contribution in [0.4, 0.5) is 0 Å². The standard InChI is InChI=1S/C11H22N2S/c1-8-6-11(3,4)13(7-8)9(2)5-10(12)14/h8-9H,5-7H2,1-4H3,(H2,12,14).